The zero-order valence-electron chi connectivity index (χ0n) is 11.7. The summed E-state index contributed by atoms with van der Waals surface area (Å²) >= 11 is 0. The fourth-order valence-electron chi connectivity index (χ4n) is 2.61. The maximum absolute atomic E-state index is 11.2. The quantitative estimate of drug-likeness (QED) is 0.649. The molecule has 6 heteroatoms. The maximum atomic E-state index is 11.2. The van der Waals surface area contributed by atoms with Crippen LogP contribution in [0.5, 0.6) is 0 Å². The molecule has 1 heterocycles. The summed E-state index contributed by atoms with van der Waals surface area (Å²) in [6.07, 6.45) is -0.310. The summed E-state index contributed by atoms with van der Waals surface area (Å²) in [6, 6.07) is 4.82. The second-order valence-electron chi connectivity index (χ2n) is 5.42. The molecule has 2 rings (SSSR count). The fourth-order valence-corrected chi connectivity index (χ4v) is 2.61. The molecule has 1 saturated heterocycles. The van der Waals surface area contributed by atoms with Gasteiger partial charge in [0.15, 0.2) is 0 Å². The maximum Gasteiger partial charge on any atom is 0.292 e. The molecule has 2 N–H and O–H groups in total. The van der Waals surface area contributed by atoms with E-state index in [-0.39, 0.29) is 11.6 Å². The molecule has 0 spiro atoms. The van der Waals surface area contributed by atoms with Crippen molar-refractivity contribution in [2.24, 2.45) is 5.92 Å². The Morgan fingerprint density at radius 1 is 1.40 bits per heavy atom. The molecule has 0 aromatic heterocycles. The van der Waals surface area contributed by atoms with E-state index in [0.29, 0.717) is 24.3 Å². The van der Waals surface area contributed by atoms with E-state index < -0.39 is 17.1 Å². The third kappa shape index (κ3) is 2.91. The van der Waals surface area contributed by atoms with Crippen molar-refractivity contribution in [1.82, 2.24) is 0 Å². The van der Waals surface area contributed by atoms with Crippen molar-refractivity contribution in [3.63, 3.8) is 0 Å². The van der Waals surface area contributed by atoms with Gasteiger partial charge in [-0.25, -0.2) is 0 Å². The van der Waals surface area contributed by atoms with Crippen LogP contribution in [0, 0.1) is 16.0 Å². The molecular formula is C14H20N2O4. The SMILES string of the molecule is CC(O)c1ccc(N2CCC(C(C)O)C2)c([N+](=O)[O-])c1. The molecule has 0 aliphatic carbocycles. The summed E-state index contributed by atoms with van der Waals surface area (Å²) in [4.78, 5) is 12.7. The van der Waals surface area contributed by atoms with E-state index in [9.17, 15) is 20.3 Å². The molecule has 0 amide bonds. The average Bonchev–Trinajstić information content (AvgIpc) is 2.87. The average molecular weight is 280 g/mol. The Morgan fingerprint density at radius 3 is 2.60 bits per heavy atom. The lowest BCUT2D eigenvalue weighted by molar-refractivity contribution is -0.384. The van der Waals surface area contributed by atoms with Crippen molar-refractivity contribution in [3.05, 3.63) is 33.9 Å². The Kier molecular flexibility index (Phi) is 4.25. The third-order valence-electron chi connectivity index (χ3n) is 3.93. The first-order chi connectivity index (χ1) is 9.40. The number of nitrogens with zero attached hydrogens (tertiary/aromatic N) is 2. The Bertz CT molecular complexity index is 502. The molecule has 3 atom stereocenters. The minimum atomic E-state index is -0.730. The number of nitro benzene ring substituents is 1. The van der Waals surface area contributed by atoms with Crippen LogP contribution in [0.15, 0.2) is 18.2 Å². The summed E-state index contributed by atoms with van der Waals surface area (Å²) in [5.74, 6) is 0.144. The predicted molar refractivity (Wildman–Crippen MR) is 75.7 cm³/mol. The highest BCUT2D eigenvalue weighted by Crippen LogP contribution is 2.34. The van der Waals surface area contributed by atoms with Gasteiger partial charge in [-0.1, -0.05) is 6.07 Å². The first-order valence-electron chi connectivity index (χ1n) is 6.79. The van der Waals surface area contributed by atoms with E-state index in [2.05, 4.69) is 0 Å². The minimum Gasteiger partial charge on any atom is -0.393 e. The Labute approximate surface area is 117 Å². The van der Waals surface area contributed by atoms with Crippen LogP contribution in [0.2, 0.25) is 0 Å². The van der Waals surface area contributed by atoms with E-state index in [1.807, 2.05) is 4.90 Å². The molecule has 1 aromatic rings. The van der Waals surface area contributed by atoms with Crippen LogP contribution in [0.1, 0.15) is 31.9 Å². The number of aliphatic hydroxyl groups is 2. The van der Waals surface area contributed by atoms with Crippen LogP contribution >= 0.6 is 0 Å². The monoisotopic (exact) mass is 280 g/mol. The van der Waals surface area contributed by atoms with Gasteiger partial charge < -0.3 is 15.1 Å². The molecule has 3 unspecified atom stereocenters. The van der Waals surface area contributed by atoms with Gasteiger partial charge in [-0.15, -0.1) is 0 Å². The topological polar surface area (TPSA) is 86.8 Å². The number of aliphatic hydroxyl groups excluding tert-OH is 2. The van der Waals surface area contributed by atoms with E-state index in [4.69, 9.17) is 0 Å². The van der Waals surface area contributed by atoms with Crippen LogP contribution in [-0.2, 0) is 0 Å². The summed E-state index contributed by atoms with van der Waals surface area (Å²) in [5.41, 5.74) is 1.10. The lowest BCUT2D eigenvalue weighted by Crippen LogP contribution is -2.24. The van der Waals surface area contributed by atoms with Gasteiger partial charge in [0, 0.05) is 25.1 Å². The van der Waals surface area contributed by atoms with Crippen LogP contribution in [0.25, 0.3) is 0 Å². The van der Waals surface area contributed by atoms with Crippen molar-refractivity contribution in [2.75, 3.05) is 18.0 Å². The first-order valence-corrected chi connectivity index (χ1v) is 6.79. The van der Waals surface area contributed by atoms with Gasteiger partial charge in [-0.3, -0.25) is 10.1 Å². The standard InChI is InChI=1S/C14H20N2O4/c1-9(17)11-3-4-13(14(7-11)16(19)20)15-6-5-12(8-15)10(2)18/h3-4,7,9-10,12,17-18H,5-6,8H2,1-2H3. The molecule has 0 bridgehead atoms. The number of hydrogen-bond acceptors (Lipinski definition) is 5. The van der Waals surface area contributed by atoms with Crippen LogP contribution in [0.3, 0.4) is 0 Å². The van der Waals surface area contributed by atoms with Crippen molar-refractivity contribution in [2.45, 2.75) is 32.5 Å². The van der Waals surface area contributed by atoms with Crippen LogP contribution in [0.4, 0.5) is 11.4 Å². The second kappa shape index (κ2) is 5.76. The summed E-state index contributed by atoms with van der Waals surface area (Å²) in [7, 11) is 0. The number of rotatable bonds is 4. The molecule has 1 aromatic carbocycles. The second-order valence-corrected chi connectivity index (χ2v) is 5.42. The Hall–Kier alpha value is -1.66. The van der Waals surface area contributed by atoms with Crippen LogP contribution in [-0.4, -0.2) is 34.3 Å². The van der Waals surface area contributed by atoms with Gasteiger partial charge in [0.2, 0.25) is 0 Å². The van der Waals surface area contributed by atoms with Crippen LogP contribution < -0.4 is 4.90 Å². The summed E-state index contributed by atoms with van der Waals surface area (Å²) in [5, 5.41) is 30.4. The lowest BCUT2D eigenvalue weighted by Gasteiger charge is -2.20. The number of nitro groups is 1. The van der Waals surface area contributed by atoms with E-state index in [1.54, 1.807) is 26.0 Å². The van der Waals surface area contributed by atoms with E-state index in [1.165, 1.54) is 6.07 Å². The fraction of sp³-hybridized carbons (Fsp3) is 0.571. The van der Waals surface area contributed by atoms with Crippen molar-refractivity contribution >= 4 is 11.4 Å². The highest BCUT2D eigenvalue weighted by molar-refractivity contribution is 5.65. The van der Waals surface area contributed by atoms with E-state index in [0.717, 1.165) is 6.42 Å². The largest absolute Gasteiger partial charge is 0.393 e. The van der Waals surface area contributed by atoms with Gasteiger partial charge in [0.25, 0.3) is 5.69 Å². The van der Waals surface area contributed by atoms with Gasteiger partial charge in [-0.2, -0.15) is 0 Å². The molecule has 110 valence electrons. The summed E-state index contributed by atoms with van der Waals surface area (Å²) in [6.45, 7) is 4.65. The highest BCUT2D eigenvalue weighted by atomic mass is 16.6. The van der Waals surface area contributed by atoms with Crippen molar-refractivity contribution in [3.8, 4) is 0 Å². The first kappa shape index (κ1) is 14.7. The zero-order chi connectivity index (χ0) is 14.9. The predicted octanol–water partition coefficient (Wildman–Crippen LogP) is 1.86. The van der Waals surface area contributed by atoms with Crippen molar-refractivity contribution in [1.29, 1.82) is 0 Å². The van der Waals surface area contributed by atoms with Gasteiger partial charge >= 0.3 is 0 Å². The number of benzene rings is 1. The molecule has 0 saturated carbocycles. The highest BCUT2D eigenvalue weighted by Gasteiger charge is 2.30. The van der Waals surface area contributed by atoms with Crippen molar-refractivity contribution < 1.29 is 15.1 Å². The number of hydrogen-bond donors (Lipinski definition) is 2. The normalized spacial score (nSPS) is 21.8. The zero-order valence-corrected chi connectivity index (χ0v) is 11.7. The molecule has 1 aliphatic rings. The van der Waals surface area contributed by atoms with Gasteiger partial charge in [-0.05, 0) is 31.9 Å². The Balaban J connectivity index is 2.30. The lowest BCUT2D eigenvalue weighted by atomic mass is 10.0. The third-order valence-corrected chi connectivity index (χ3v) is 3.93. The van der Waals surface area contributed by atoms with E-state index >= 15 is 0 Å². The Morgan fingerprint density at radius 2 is 2.10 bits per heavy atom. The minimum absolute atomic E-state index is 0.00893. The molecule has 1 aliphatic heterocycles. The summed E-state index contributed by atoms with van der Waals surface area (Å²) < 4.78 is 0. The molecule has 1 fully saturated rings. The number of anilines is 1. The molecular weight excluding hydrogens is 260 g/mol. The molecule has 6 nitrogen and oxygen atoms in total. The molecule has 0 radical (unpaired) electrons. The molecule has 20 heavy (non-hydrogen) atoms. The van der Waals surface area contributed by atoms with Gasteiger partial charge in [0.1, 0.15) is 5.69 Å². The van der Waals surface area contributed by atoms with Gasteiger partial charge in [0.05, 0.1) is 17.1 Å². The smallest absolute Gasteiger partial charge is 0.292 e.